The highest BCUT2D eigenvalue weighted by Crippen LogP contribution is 1.81. The van der Waals surface area contributed by atoms with E-state index in [1.165, 1.54) is 19.6 Å². The summed E-state index contributed by atoms with van der Waals surface area (Å²) in [6, 6.07) is 0. The van der Waals surface area contributed by atoms with Gasteiger partial charge in [0.05, 0.1) is 0 Å². The topological polar surface area (TPSA) is 29.3 Å². The van der Waals surface area contributed by atoms with Crippen LogP contribution in [0.25, 0.3) is 0 Å². The first-order chi connectivity index (χ1) is 5.08. The fourth-order valence-electron chi connectivity index (χ4n) is 0.671. The molecule has 2 nitrogen and oxygen atoms in total. The van der Waals surface area contributed by atoms with Crippen LogP contribution in [0.15, 0.2) is 0 Å². The van der Waals surface area contributed by atoms with Crippen molar-refractivity contribution in [2.45, 2.75) is 20.8 Å². The Balaban J connectivity index is 0. The number of hydrogen-bond donors (Lipinski definition) is 2. The molecule has 0 unspecified atom stereocenters. The second-order valence-electron chi connectivity index (χ2n) is 1.96. The zero-order valence-corrected chi connectivity index (χ0v) is 9.21. The predicted octanol–water partition coefficient (Wildman–Crippen LogP) is 1.51. The Morgan fingerprint density at radius 1 is 1.27 bits per heavy atom. The van der Waals surface area contributed by atoms with Gasteiger partial charge in [0.1, 0.15) is 4.32 Å². The van der Waals surface area contributed by atoms with Gasteiger partial charge in [-0.15, -0.1) is 12.6 Å². The van der Waals surface area contributed by atoms with Gasteiger partial charge >= 0.3 is 0 Å². The van der Waals surface area contributed by atoms with E-state index in [2.05, 4.69) is 50.5 Å². The molecule has 0 aliphatic carbocycles. The molecule has 0 rings (SSSR count). The van der Waals surface area contributed by atoms with E-state index in [0.29, 0.717) is 0 Å². The summed E-state index contributed by atoms with van der Waals surface area (Å²) in [5.41, 5.74) is 4.71. The Morgan fingerprint density at radius 3 is 1.45 bits per heavy atom. The first kappa shape index (κ1) is 13.8. The minimum Gasteiger partial charge on any atom is -0.385 e. The van der Waals surface area contributed by atoms with Crippen LogP contribution in [-0.4, -0.2) is 28.9 Å². The van der Waals surface area contributed by atoms with Gasteiger partial charge in [-0.3, -0.25) is 0 Å². The molecule has 0 saturated carbocycles. The lowest BCUT2D eigenvalue weighted by atomic mass is 10.5. The lowest BCUT2D eigenvalue weighted by molar-refractivity contribution is 0.321. The van der Waals surface area contributed by atoms with Crippen LogP contribution >= 0.6 is 24.8 Å². The molecule has 0 aliphatic rings. The molecule has 0 aromatic heterocycles. The van der Waals surface area contributed by atoms with Crippen molar-refractivity contribution in [3.63, 3.8) is 0 Å². The molecule has 0 aliphatic heterocycles. The minimum atomic E-state index is 0.194. The summed E-state index contributed by atoms with van der Waals surface area (Å²) in [5.74, 6) is 0. The maximum atomic E-state index is 4.71. The van der Waals surface area contributed by atoms with Crippen molar-refractivity contribution >= 4 is 29.2 Å². The third-order valence-electron chi connectivity index (χ3n) is 1.34. The Kier molecular flexibility index (Phi) is 12.8. The van der Waals surface area contributed by atoms with Gasteiger partial charge in [0.15, 0.2) is 0 Å². The quantitative estimate of drug-likeness (QED) is 0.527. The summed E-state index contributed by atoms with van der Waals surface area (Å²) in [7, 11) is 0. The highest BCUT2D eigenvalue weighted by molar-refractivity contribution is 8.10. The van der Waals surface area contributed by atoms with Gasteiger partial charge < -0.3 is 10.6 Å². The van der Waals surface area contributed by atoms with Crippen molar-refractivity contribution in [1.29, 1.82) is 0 Å². The molecule has 0 aromatic rings. The van der Waals surface area contributed by atoms with Crippen molar-refractivity contribution in [2.75, 3.05) is 19.6 Å². The van der Waals surface area contributed by atoms with E-state index in [4.69, 9.17) is 5.73 Å². The molecule has 68 valence electrons. The molecule has 0 saturated heterocycles. The summed E-state index contributed by atoms with van der Waals surface area (Å²) in [4.78, 5) is 2.38. The van der Waals surface area contributed by atoms with Crippen LogP contribution in [-0.2, 0) is 0 Å². The van der Waals surface area contributed by atoms with Crippen LogP contribution in [0.4, 0.5) is 0 Å². The SMILES string of the molecule is CCN(CC)CC.NC(=S)S. The molecule has 0 fully saturated rings. The largest absolute Gasteiger partial charge is 0.385 e. The van der Waals surface area contributed by atoms with Gasteiger partial charge in [-0.25, -0.2) is 0 Å². The number of nitrogens with zero attached hydrogens (tertiary/aromatic N) is 1. The molecule has 0 radical (unpaired) electrons. The van der Waals surface area contributed by atoms with E-state index >= 15 is 0 Å². The van der Waals surface area contributed by atoms with Crippen LogP contribution in [0.3, 0.4) is 0 Å². The van der Waals surface area contributed by atoms with E-state index in [1.54, 1.807) is 0 Å². The van der Waals surface area contributed by atoms with Gasteiger partial charge in [-0.05, 0) is 19.6 Å². The standard InChI is InChI=1S/C6H15N.CH3NS2/c1-4-7(5-2)6-3;2-1(3)4/h4-6H2,1-3H3;(H3,2,3,4). The number of thiol groups is 1. The number of rotatable bonds is 3. The predicted molar refractivity (Wildman–Crippen MR) is 59.2 cm³/mol. The second-order valence-corrected chi connectivity index (χ2v) is 3.18. The Bertz CT molecular complexity index is 82.9. The first-order valence-electron chi connectivity index (χ1n) is 3.79. The molecule has 0 atom stereocenters. The highest BCUT2D eigenvalue weighted by atomic mass is 32.1. The fourth-order valence-corrected chi connectivity index (χ4v) is 0.671. The van der Waals surface area contributed by atoms with Crippen LogP contribution in [0.1, 0.15) is 20.8 Å². The molecule has 0 bridgehead atoms. The molecule has 2 N–H and O–H groups in total. The van der Waals surface area contributed by atoms with Gasteiger partial charge in [0.25, 0.3) is 0 Å². The molecular formula is C7H18N2S2. The summed E-state index contributed by atoms with van der Waals surface area (Å²) >= 11 is 7.65. The molecule has 4 heteroatoms. The third-order valence-corrected chi connectivity index (χ3v) is 1.34. The molecule has 0 amide bonds. The second kappa shape index (κ2) is 10.2. The van der Waals surface area contributed by atoms with Crippen LogP contribution < -0.4 is 5.73 Å². The number of nitrogens with two attached hydrogens (primary N) is 1. The summed E-state index contributed by atoms with van der Waals surface area (Å²) < 4.78 is 0.194. The van der Waals surface area contributed by atoms with Gasteiger partial charge in [-0.2, -0.15) is 0 Å². The summed E-state index contributed by atoms with van der Waals surface area (Å²) in [6.07, 6.45) is 0. The van der Waals surface area contributed by atoms with Gasteiger partial charge in [-0.1, -0.05) is 33.0 Å². The summed E-state index contributed by atoms with van der Waals surface area (Å²) in [6.45, 7) is 10.1. The first-order valence-corrected chi connectivity index (χ1v) is 4.64. The van der Waals surface area contributed by atoms with E-state index < -0.39 is 0 Å². The molecule has 0 heterocycles. The molecule has 11 heavy (non-hydrogen) atoms. The zero-order valence-electron chi connectivity index (χ0n) is 7.50. The van der Waals surface area contributed by atoms with E-state index in [9.17, 15) is 0 Å². The lowest BCUT2D eigenvalue weighted by Crippen LogP contribution is -2.21. The van der Waals surface area contributed by atoms with Crippen molar-refractivity contribution in [1.82, 2.24) is 4.90 Å². The number of hydrogen-bond acceptors (Lipinski definition) is 2. The van der Waals surface area contributed by atoms with Crippen molar-refractivity contribution in [3.05, 3.63) is 0 Å². The zero-order chi connectivity index (χ0) is 9.28. The third kappa shape index (κ3) is 17.8. The highest BCUT2D eigenvalue weighted by Gasteiger charge is 1.89. The van der Waals surface area contributed by atoms with Crippen LogP contribution in [0.5, 0.6) is 0 Å². The number of thiocarbonyl (C=S) groups is 1. The fraction of sp³-hybridized carbons (Fsp3) is 0.857. The lowest BCUT2D eigenvalue weighted by Gasteiger charge is -2.13. The average molecular weight is 194 g/mol. The molecule has 0 aromatic carbocycles. The Morgan fingerprint density at radius 2 is 1.45 bits per heavy atom. The van der Waals surface area contributed by atoms with Crippen LogP contribution in [0.2, 0.25) is 0 Å². The maximum absolute atomic E-state index is 4.71. The van der Waals surface area contributed by atoms with Crippen molar-refractivity contribution in [2.24, 2.45) is 5.73 Å². The van der Waals surface area contributed by atoms with E-state index in [0.717, 1.165) is 0 Å². The van der Waals surface area contributed by atoms with E-state index in [1.807, 2.05) is 0 Å². The Labute approximate surface area is 80.5 Å². The normalized spacial score (nSPS) is 8.82. The Hall–Kier alpha value is 0.200. The molecular weight excluding hydrogens is 176 g/mol. The van der Waals surface area contributed by atoms with Crippen molar-refractivity contribution < 1.29 is 0 Å². The smallest absolute Gasteiger partial charge is 0.128 e. The minimum absolute atomic E-state index is 0.194. The van der Waals surface area contributed by atoms with Gasteiger partial charge in [0, 0.05) is 0 Å². The maximum Gasteiger partial charge on any atom is 0.128 e. The van der Waals surface area contributed by atoms with Crippen LogP contribution in [0, 0.1) is 0 Å². The molecule has 0 spiro atoms. The average Bonchev–Trinajstić information content (AvgIpc) is 1.90. The van der Waals surface area contributed by atoms with Crippen molar-refractivity contribution in [3.8, 4) is 0 Å². The summed E-state index contributed by atoms with van der Waals surface area (Å²) in [5, 5.41) is 0. The van der Waals surface area contributed by atoms with Gasteiger partial charge in [0.2, 0.25) is 0 Å². The monoisotopic (exact) mass is 194 g/mol. The van der Waals surface area contributed by atoms with E-state index in [-0.39, 0.29) is 4.32 Å².